The molecule has 2 saturated heterocycles. The number of aryl methyl sites for hydroxylation is 1. The van der Waals surface area contributed by atoms with Gasteiger partial charge >= 0.3 is 6.09 Å². The molecule has 2 aliphatic heterocycles. The number of carbonyl (C=O) groups excluding carboxylic acids is 3. The van der Waals surface area contributed by atoms with E-state index in [1.54, 1.807) is 0 Å². The second kappa shape index (κ2) is 6.40. The molecule has 0 aliphatic carbocycles. The molecule has 1 aromatic carbocycles. The second-order valence-corrected chi connectivity index (χ2v) is 6.10. The van der Waals surface area contributed by atoms with E-state index in [0.717, 1.165) is 11.1 Å². The van der Waals surface area contributed by atoms with Gasteiger partial charge in [0, 0.05) is 19.1 Å². The van der Waals surface area contributed by atoms with Gasteiger partial charge < -0.3 is 9.64 Å². The molecule has 0 aromatic heterocycles. The molecule has 0 unspecified atom stereocenters. The van der Waals surface area contributed by atoms with E-state index in [2.05, 4.69) is 0 Å². The Labute approximate surface area is 135 Å². The Bertz CT molecular complexity index is 619. The van der Waals surface area contributed by atoms with Gasteiger partial charge in [-0.15, -0.1) is 0 Å². The summed E-state index contributed by atoms with van der Waals surface area (Å²) in [5.41, 5.74) is 2.15. The average Bonchev–Trinajstić information content (AvgIpc) is 2.86. The molecular formula is C17H20N2O4. The Hall–Kier alpha value is -2.37. The highest BCUT2D eigenvalue weighted by Gasteiger charge is 2.38. The second-order valence-electron chi connectivity index (χ2n) is 6.10. The van der Waals surface area contributed by atoms with Crippen molar-refractivity contribution >= 4 is 17.9 Å². The number of cyclic esters (lactones) is 1. The predicted octanol–water partition coefficient (Wildman–Crippen LogP) is 1.51. The van der Waals surface area contributed by atoms with Crippen LogP contribution in [0.2, 0.25) is 0 Å². The molecule has 2 aliphatic rings. The fraction of sp³-hybridized carbons (Fsp3) is 0.471. The Morgan fingerprint density at radius 1 is 1.26 bits per heavy atom. The first-order valence-corrected chi connectivity index (χ1v) is 7.87. The first-order valence-electron chi connectivity index (χ1n) is 7.87. The van der Waals surface area contributed by atoms with E-state index in [9.17, 15) is 14.4 Å². The van der Waals surface area contributed by atoms with Gasteiger partial charge in [0.2, 0.25) is 5.91 Å². The minimum absolute atomic E-state index is 0.0874. The third-order valence-corrected chi connectivity index (χ3v) is 4.40. The largest absolute Gasteiger partial charge is 0.439 e. The van der Waals surface area contributed by atoms with Crippen LogP contribution in [0.3, 0.4) is 0 Å². The Morgan fingerprint density at radius 3 is 2.61 bits per heavy atom. The lowest BCUT2D eigenvalue weighted by Gasteiger charge is -2.34. The minimum Gasteiger partial charge on any atom is -0.439 e. The molecule has 1 aromatic rings. The molecule has 3 amide bonds. The Balaban J connectivity index is 1.55. The lowest BCUT2D eigenvalue weighted by Crippen LogP contribution is -2.48. The van der Waals surface area contributed by atoms with Crippen molar-refractivity contribution in [1.29, 1.82) is 0 Å². The summed E-state index contributed by atoms with van der Waals surface area (Å²) in [7, 11) is 0. The number of hydrogen-bond donors (Lipinski definition) is 0. The maximum absolute atomic E-state index is 12.4. The predicted molar refractivity (Wildman–Crippen MR) is 82.7 cm³/mol. The van der Waals surface area contributed by atoms with Crippen molar-refractivity contribution in [2.45, 2.75) is 32.2 Å². The highest BCUT2D eigenvalue weighted by molar-refractivity contribution is 5.98. The standard InChI is InChI=1S/C17H20N2O4/c1-12-3-2-4-13(9-12)10-15(20)18-7-5-14(6-8-18)19-16(21)11-23-17(19)22/h2-4,9,14H,5-8,10-11H2,1H3. The van der Waals surface area contributed by atoms with Crippen molar-refractivity contribution in [3.63, 3.8) is 0 Å². The van der Waals surface area contributed by atoms with E-state index in [0.29, 0.717) is 32.4 Å². The summed E-state index contributed by atoms with van der Waals surface area (Å²) in [6.45, 7) is 2.97. The zero-order chi connectivity index (χ0) is 16.4. The number of carbonyl (C=O) groups is 3. The molecule has 0 radical (unpaired) electrons. The van der Waals surface area contributed by atoms with Gasteiger partial charge in [-0.05, 0) is 25.3 Å². The summed E-state index contributed by atoms with van der Waals surface area (Å²) >= 11 is 0. The molecule has 23 heavy (non-hydrogen) atoms. The van der Waals surface area contributed by atoms with Crippen LogP contribution in [0.5, 0.6) is 0 Å². The quantitative estimate of drug-likeness (QED) is 0.848. The molecule has 6 heteroatoms. The zero-order valence-corrected chi connectivity index (χ0v) is 13.2. The maximum Gasteiger partial charge on any atom is 0.417 e. The van der Waals surface area contributed by atoms with Gasteiger partial charge in [-0.3, -0.25) is 9.59 Å². The van der Waals surface area contributed by atoms with Gasteiger partial charge in [-0.1, -0.05) is 29.8 Å². The molecule has 2 heterocycles. The first kappa shape index (κ1) is 15.5. The van der Waals surface area contributed by atoms with Crippen LogP contribution >= 0.6 is 0 Å². The summed E-state index contributed by atoms with van der Waals surface area (Å²) in [4.78, 5) is 38.7. The van der Waals surface area contributed by atoms with Gasteiger partial charge in [-0.2, -0.15) is 0 Å². The Morgan fingerprint density at radius 2 is 2.00 bits per heavy atom. The highest BCUT2D eigenvalue weighted by atomic mass is 16.6. The summed E-state index contributed by atoms with van der Waals surface area (Å²) < 4.78 is 4.75. The Kier molecular flexibility index (Phi) is 4.32. The smallest absolute Gasteiger partial charge is 0.417 e. The zero-order valence-electron chi connectivity index (χ0n) is 13.2. The third kappa shape index (κ3) is 3.36. The molecule has 6 nitrogen and oxygen atoms in total. The summed E-state index contributed by atoms with van der Waals surface area (Å²) in [6, 6.07) is 7.78. The van der Waals surface area contributed by atoms with E-state index in [1.165, 1.54) is 4.90 Å². The lowest BCUT2D eigenvalue weighted by molar-refractivity contribution is -0.132. The van der Waals surface area contributed by atoms with Gasteiger partial charge in [0.15, 0.2) is 6.61 Å². The summed E-state index contributed by atoms with van der Waals surface area (Å²) in [5, 5.41) is 0. The van der Waals surface area contributed by atoms with E-state index in [4.69, 9.17) is 4.74 Å². The lowest BCUT2D eigenvalue weighted by atomic mass is 10.0. The molecule has 0 spiro atoms. The normalized spacial score (nSPS) is 19.2. The molecule has 0 atom stereocenters. The van der Waals surface area contributed by atoms with Crippen LogP contribution in [0.4, 0.5) is 4.79 Å². The van der Waals surface area contributed by atoms with Crippen molar-refractivity contribution < 1.29 is 19.1 Å². The van der Waals surface area contributed by atoms with Crippen molar-refractivity contribution in [3.05, 3.63) is 35.4 Å². The fourth-order valence-corrected chi connectivity index (χ4v) is 3.20. The van der Waals surface area contributed by atoms with E-state index < -0.39 is 6.09 Å². The number of imide groups is 1. The average molecular weight is 316 g/mol. The molecule has 122 valence electrons. The van der Waals surface area contributed by atoms with Crippen LogP contribution in [0.1, 0.15) is 24.0 Å². The minimum atomic E-state index is -0.556. The van der Waals surface area contributed by atoms with Crippen LogP contribution < -0.4 is 0 Å². The van der Waals surface area contributed by atoms with E-state index >= 15 is 0 Å². The van der Waals surface area contributed by atoms with Crippen LogP contribution in [-0.2, 0) is 20.7 Å². The molecular weight excluding hydrogens is 296 g/mol. The molecule has 0 bridgehead atoms. The van der Waals surface area contributed by atoms with Crippen molar-refractivity contribution in [1.82, 2.24) is 9.80 Å². The number of likely N-dealkylation sites (tertiary alicyclic amines) is 1. The van der Waals surface area contributed by atoms with Crippen molar-refractivity contribution in [2.24, 2.45) is 0 Å². The van der Waals surface area contributed by atoms with Gasteiger partial charge in [0.05, 0.1) is 6.42 Å². The van der Waals surface area contributed by atoms with Gasteiger partial charge in [-0.25, -0.2) is 9.69 Å². The van der Waals surface area contributed by atoms with Crippen LogP contribution in [0.25, 0.3) is 0 Å². The fourth-order valence-electron chi connectivity index (χ4n) is 3.20. The topological polar surface area (TPSA) is 66.9 Å². The van der Waals surface area contributed by atoms with Crippen molar-refractivity contribution in [3.8, 4) is 0 Å². The molecule has 3 rings (SSSR count). The molecule has 0 N–H and O–H groups in total. The number of ether oxygens (including phenoxy) is 1. The number of piperidine rings is 1. The number of hydrogen-bond acceptors (Lipinski definition) is 4. The van der Waals surface area contributed by atoms with Crippen LogP contribution in [-0.4, -0.2) is 53.4 Å². The van der Waals surface area contributed by atoms with Gasteiger partial charge in [0.1, 0.15) is 0 Å². The number of amides is 3. The number of nitrogens with zero attached hydrogens (tertiary/aromatic N) is 2. The first-order chi connectivity index (χ1) is 11.0. The van der Waals surface area contributed by atoms with E-state index in [1.807, 2.05) is 36.1 Å². The monoisotopic (exact) mass is 316 g/mol. The van der Waals surface area contributed by atoms with Crippen LogP contribution in [0.15, 0.2) is 24.3 Å². The number of rotatable bonds is 3. The number of benzene rings is 1. The summed E-state index contributed by atoms with van der Waals surface area (Å²) in [5.74, 6) is -0.191. The van der Waals surface area contributed by atoms with Crippen molar-refractivity contribution in [2.75, 3.05) is 19.7 Å². The molecule has 2 fully saturated rings. The highest BCUT2D eigenvalue weighted by Crippen LogP contribution is 2.21. The SMILES string of the molecule is Cc1cccc(CC(=O)N2CCC(N3C(=O)COC3=O)CC2)c1. The maximum atomic E-state index is 12.4. The third-order valence-electron chi connectivity index (χ3n) is 4.40. The summed E-state index contributed by atoms with van der Waals surface area (Å²) in [6.07, 6.45) is 1.05. The van der Waals surface area contributed by atoms with E-state index in [-0.39, 0.29) is 24.5 Å². The molecule has 0 saturated carbocycles. The van der Waals surface area contributed by atoms with Gasteiger partial charge in [0.25, 0.3) is 5.91 Å². The van der Waals surface area contributed by atoms with Crippen LogP contribution in [0, 0.1) is 6.92 Å².